The molecule has 1 aromatic rings. The van der Waals surface area contributed by atoms with Gasteiger partial charge in [-0.25, -0.2) is 4.79 Å². The summed E-state index contributed by atoms with van der Waals surface area (Å²) in [6.45, 7) is 6.23. The van der Waals surface area contributed by atoms with Crippen LogP contribution in [0, 0.1) is 5.92 Å². The third-order valence-electron chi connectivity index (χ3n) is 7.54. The number of thiophene rings is 1. The number of hydrogen-bond acceptors (Lipinski definition) is 6. The summed E-state index contributed by atoms with van der Waals surface area (Å²) in [6.07, 6.45) is 12.7. The topological polar surface area (TPSA) is 97.0 Å². The lowest BCUT2D eigenvalue weighted by molar-refractivity contribution is -0.143. The van der Waals surface area contributed by atoms with Crippen molar-refractivity contribution < 1.29 is 23.9 Å². The number of allylic oxidation sites excluding steroid dienone is 2. The maximum absolute atomic E-state index is 14.4. The standard InChI is InChI=1S/C31H49N3O5S/c1-31(2,3)39-30(37)33-26(22-25-17-11-20-40-25)29(36)34(18-12-19-38-4)27(21-23-13-7-5-8-14-23)28(35)32-24-15-9-6-10-16-24/h11,15,17,20,23,26-27H,5-10,12-14,16,18-19,21-22H2,1-4H3,(H,32,35)(H,33,37). The van der Waals surface area contributed by atoms with Gasteiger partial charge in [-0.1, -0.05) is 44.2 Å². The third kappa shape index (κ3) is 10.9. The predicted octanol–water partition coefficient (Wildman–Crippen LogP) is 5.96. The summed E-state index contributed by atoms with van der Waals surface area (Å²) < 4.78 is 10.8. The van der Waals surface area contributed by atoms with Crippen molar-refractivity contribution in [2.24, 2.45) is 5.92 Å². The van der Waals surface area contributed by atoms with E-state index >= 15 is 0 Å². The van der Waals surface area contributed by atoms with E-state index in [0.29, 0.717) is 38.3 Å². The van der Waals surface area contributed by atoms with Crippen molar-refractivity contribution in [3.63, 3.8) is 0 Å². The van der Waals surface area contributed by atoms with Crippen LogP contribution < -0.4 is 10.6 Å². The molecule has 2 aliphatic rings. The van der Waals surface area contributed by atoms with Gasteiger partial charge in [0.1, 0.15) is 17.7 Å². The molecule has 8 nitrogen and oxygen atoms in total. The van der Waals surface area contributed by atoms with Gasteiger partial charge in [0, 0.05) is 37.3 Å². The molecule has 9 heteroatoms. The Balaban J connectivity index is 1.91. The van der Waals surface area contributed by atoms with Crippen molar-refractivity contribution in [2.45, 2.75) is 116 Å². The largest absolute Gasteiger partial charge is 0.444 e. The third-order valence-corrected chi connectivity index (χ3v) is 8.44. The van der Waals surface area contributed by atoms with E-state index in [-0.39, 0.29) is 11.8 Å². The highest BCUT2D eigenvalue weighted by Crippen LogP contribution is 2.30. The second-order valence-electron chi connectivity index (χ2n) is 12.1. The van der Waals surface area contributed by atoms with Crippen LogP contribution in [0.25, 0.3) is 0 Å². The molecule has 1 heterocycles. The van der Waals surface area contributed by atoms with E-state index in [4.69, 9.17) is 9.47 Å². The molecule has 0 aliphatic heterocycles. The van der Waals surface area contributed by atoms with E-state index in [1.807, 2.05) is 17.5 Å². The molecule has 1 aromatic heterocycles. The lowest BCUT2D eigenvalue weighted by Gasteiger charge is -2.37. The van der Waals surface area contributed by atoms with Crippen LogP contribution in [0.4, 0.5) is 4.79 Å². The zero-order valence-corrected chi connectivity index (χ0v) is 25.7. The molecule has 2 aliphatic carbocycles. The van der Waals surface area contributed by atoms with Crippen molar-refractivity contribution in [2.75, 3.05) is 20.3 Å². The molecule has 3 amide bonds. The first-order valence-electron chi connectivity index (χ1n) is 15.0. The number of methoxy groups -OCH3 is 1. The Hall–Kier alpha value is -2.39. The first kappa shape index (κ1) is 32.1. The minimum absolute atomic E-state index is 0.128. The molecule has 2 atom stereocenters. The average molecular weight is 576 g/mol. The number of rotatable bonds is 13. The van der Waals surface area contributed by atoms with Gasteiger partial charge in [-0.2, -0.15) is 0 Å². The van der Waals surface area contributed by atoms with Crippen molar-refractivity contribution in [1.29, 1.82) is 0 Å². The normalized spacial score (nSPS) is 17.9. The van der Waals surface area contributed by atoms with Crippen LogP contribution in [-0.2, 0) is 25.5 Å². The summed E-state index contributed by atoms with van der Waals surface area (Å²) in [5.74, 6) is -0.00213. The molecule has 1 saturated carbocycles. The monoisotopic (exact) mass is 575 g/mol. The van der Waals surface area contributed by atoms with Crippen LogP contribution in [0.15, 0.2) is 29.3 Å². The van der Waals surface area contributed by atoms with Crippen molar-refractivity contribution in [1.82, 2.24) is 15.5 Å². The first-order chi connectivity index (χ1) is 19.2. The van der Waals surface area contributed by atoms with Gasteiger partial charge < -0.3 is 25.0 Å². The van der Waals surface area contributed by atoms with Crippen LogP contribution >= 0.6 is 11.3 Å². The fraction of sp³-hybridized carbons (Fsp3) is 0.710. The lowest BCUT2D eigenvalue weighted by atomic mass is 9.84. The Morgan fingerprint density at radius 2 is 1.90 bits per heavy atom. The minimum atomic E-state index is -0.855. The molecular weight excluding hydrogens is 526 g/mol. The molecule has 0 bridgehead atoms. The van der Waals surface area contributed by atoms with E-state index in [1.165, 1.54) is 17.8 Å². The van der Waals surface area contributed by atoms with E-state index in [9.17, 15) is 14.4 Å². The Kier molecular flexibility index (Phi) is 13.0. The molecule has 224 valence electrons. The summed E-state index contributed by atoms with van der Waals surface area (Å²) in [4.78, 5) is 43.8. The molecule has 0 aromatic carbocycles. The molecular formula is C31H49N3O5S. The highest BCUT2D eigenvalue weighted by atomic mass is 32.1. The zero-order valence-electron chi connectivity index (χ0n) is 24.8. The number of hydrogen-bond donors (Lipinski definition) is 2. The van der Waals surface area contributed by atoms with E-state index in [2.05, 4.69) is 16.7 Å². The van der Waals surface area contributed by atoms with Gasteiger partial charge in [0.2, 0.25) is 11.8 Å². The quantitative estimate of drug-likeness (QED) is 0.283. The number of nitrogens with one attached hydrogen (secondary N) is 2. The van der Waals surface area contributed by atoms with E-state index in [0.717, 1.165) is 61.9 Å². The molecule has 2 unspecified atom stereocenters. The van der Waals surface area contributed by atoms with Crippen LogP contribution in [0.3, 0.4) is 0 Å². The van der Waals surface area contributed by atoms with Crippen molar-refractivity contribution in [3.05, 3.63) is 34.2 Å². The van der Waals surface area contributed by atoms with E-state index < -0.39 is 23.8 Å². The summed E-state index contributed by atoms with van der Waals surface area (Å²) in [5, 5.41) is 7.98. The molecule has 0 radical (unpaired) electrons. The second-order valence-corrected chi connectivity index (χ2v) is 13.1. The Morgan fingerprint density at radius 3 is 2.52 bits per heavy atom. The molecule has 2 N–H and O–H groups in total. The zero-order chi connectivity index (χ0) is 29.0. The summed E-state index contributed by atoms with van der Waals surface area (Å²) >= 11 is 1.54. The van der Waals surface area contributed by atoms with Gasteiger partial charge in [-0.05, 0) is 76.7 Å². The predicted molar refractivity (Wildman–Crippen MR) is 159 cm³/mol. The molecule has 0 spiro atoms. The summed E-state index contributed by atoms with van der Waals surface area (Å²) in [7, 11) is 1.64. The van der Waals surface area contributed by atoms with Crippen molar-refractivity contribution >= 4 is 29.2 Å². The Morgan fingerprint density at radius 1 is 1.12 bits per heavy atom. The smallest absolute Gasteiger partial charge is 0.408 e. The van der Waals surface area contributed by atoms with Gasteiger partial charge in [0.25, 0.3) is 0 Å². The average Bonchev–Trinajstić information content (AvgIpc) is 3.43. The first-order valence-corrected chi connectivity index (χ1v) is 15.9. The number of carbonyl (C=O) groups excluding carboxylic acids is 3. The highest BCUT2D eigenvalue weighted by Gasteiger charge is 2.37. The fourth-order valence-corrected chi connectivity index (χ4v) is 6.34. The van der Waals surface area contributed by atoms with Gasteiger partial charge in [-0.3, -0.25) is 9.59 Å². The van der Waals surface area contributed by atoms with Gasteiger partial charge in [0.05, 0.1) is 0 Å². The lowest BCUT2D eigenvalue weighted by Crippen LogP contribution is -2.57. The minimum Gasteiger partial charge on any atom is -0.444 e. The van der Waals surface area contributed by atoms with Gasteiger partial charge in [-0.15, -0.1) is 11.3 Å². The van der Waals surface area contributed by atoms with Crippen LogP contribution in [-0.4, -0.2) is 60.8 Å². The molecule has 1 fully saturated rings. The van der Waals surface area contributed by atoms with Gasteiger partial charge in [0.15, 0.2) is 0 Å². The SMILES string of the molecule is COCCCN(C(=O)C(Cc1cccs1)NC(=O)OC(C)(C)C)C(CC1CCCCC1)C(=O)NC1=CCCCC1. The highest BCUT2D eigenvalue weighted by molar-refractivity contribution is 7.09. The second kappa shape index (κ2) is 16.2. The number of ether oxygens (including phenoxy) is 2. The van der Waals surface area contributed by atoms with Crippen molar-refractivity contribution in [3.8, 4) is 0 Å². The number of amides is 3. The Bertz CT molecular complexity index is 966. The fourth-order valence-electron chi connectivity index (χ4n) is 5.59. The summed E-state index contributed by atoms with van der Waals surface area (Å²) in [5.41, 5.74) is 0.256. The van der Waals surface area contributed by atoms with Gasteiger partial charge >= 0.3 is 6.09 Å². The summed E-state index contributed by atoms with van der Waals surface area (Å²) in [6, 6.07) is 2.41. The van der Waals surface area contributed by atoms with Crippen LogP contribution in [0.2, 0.25) is 0 Å². The maximum atomic E-state index is 14.4. The Labute approximate surface area is 244 Å². The molecule has 40 heavy (non-hydrogen) atoms. The number of carbonyl (C=O) groups is 3. The maximum Gasteiger partial charge on any atom is 0.408 e. The van der Waals surface area contributed by atoms with E-state index in [1.54, 1.807) is 32.8 Å². The van der Waals surface area contributed by atoms with Crippen LogP contribution in [0.1, 0.15) is 96.3 Å². The number of alkyl carbamates (subject to hydrolysis) is 1. The molecule has 3 rings (SSSR count). The number of nitrogens with zero attached hydrogens (tertiary/aromatic N) is 1. The molecule has 0 saturated heterocycles. The van der Waals surface area contributed by atoms with Crippen LogP contribution in [0.5, 0.6) is 0 Å².